The average molecular weight is 260 g/mol. The van der Waals surface area contributed by atoms with E-state index in [2.05, 4.69) is 0 Å². The van der Waals surface area contributed by atoms with Crippen molar-refractivity contribution in [2.45, 2.75) is 4.90 Å². The summed E-state index contributed by atoms with van der Waals surface area (Å²) in [5, 5.41) is 20.5. The van der Waals surface area contributed by atoms with Crippen LogP contribution in [0.1, 0.15) is 0 Å². The first kappa shape index (κ1) is 12.9. The summed E-state index contributed by atoms with van der Waals surface area (Å²) in [6.07, 6.45) is -1.29. The zero-order valence-electron chi connectivity index (χ0n) is 8.36. The number of nitrogens with one attached hydrogen (secondary N) is 1. The number of rotatable bonds is 4. The van der Waals surface area contributed by atoms with Crippen LogP contribution in [0.3, 0.4) is 0 Å². The van der Waals surface area contributed by atoms with Gasteiger partial charge in [-0.3, -0.25) is 15.4 Å². The minimum Gasteiger partial charge on any atom is -0.465 e. The Morgan fingerprint density at radius 1 is 1.35 bits per heavy atom. The topological polar surface area (TPSA) is 127 Å². The standard InChI is InChI=1S/C8H8N2O6S/c11-8(12)9-6-1-3-7(4-2-6)17(15,16)5-10(13)14/h1-4,9H,5H2,(H,11,12). The van der Waals surface area contributed by atoms with Crippen LogP contribution in [0.2, 0.25) is 0 Å². The normalized spacial score (nSPS) is 10.8. The zero-order valence-corrected chi connectivity index (χ0v) is 9.18. The summed E-state index contributed by atoms with van der Waals surface area (Å²) in [5.74, 6) is -1.20. The second-order valence-corrected chi connectivity index (χ2v) is 4.99. The van der Waals surface area contributed by atoms with Crippen molar-refractivity contribution in [3.63, 3.8) is 0 Å². The van der Waals surface area contributed by atoms with Crippen LogP contribution >= 0.6 is 0 Å². The molecule has 0 aromatic heterocycles. The number of hydrogen-bond donors (Lipinski definition) is 2. The molecule has 0 spiro atoms. The molecule has 0 saturated carbocycles. The van der Waals surface area contributed by atoms with E-state index in [0.717, 1.165) is 12.1 Å². The molecule has 17 heavy (non-hydrogen) atoms. The van der Waals surface area contributed by atoms with Gasteiger partial charge in [-0.15, -0.1) is 0 Å². The fourth-order valence-electron chi connectivity index (χ4n) is 1.08. The van der Waals surface area contributed by atoms with E-state index >= 15 is 0 Å². The van der Waals surface area contributed by atoms with Gasteiger partial charge in [-0.1, -0.05) is 0 Å². The number of hydrogen-bond acceptors (Lipinski definition) is 5. The third-order valence-electron chi connectivity index (χ3n) is 1.74. The van der Waals surface area contributed by atoms with Crippen LogP contribution in [0.25, 0.3) is 0 Å². The van der Waals surface area contributed by atoms with Crippen molar-refractivity contribution >= 4 is 21.6 Å². The third-order valence-corrected chi connectivity index (χ3v) is 3.28. The molecule has 0 aliphatic carbocycles. The molecule has 0 heterocycles. The molecule has 92 valence electrons. The molecule has 0 aliphatic rings. The van der Waals surface area contributed by atoms with Gasteiger partial charge in [0.05, 0.1) is 4.90 Å². The largest absolute Gasteiger partial charge is 0.465 e. The van der Waals surface area contributed by atoms with E-state index in [1.807, 2.05) is 5.32 Å². The van der Waals surface area contributed by atoms with E-state index in [9.17, 15) is 23.3 Å². The van der Waals surface area contributed by atoms with Crippen LogP contribution in [-0.2, 0) is 9.84 Å². The Balaban J connectivity index is 2.94. The Hall–Kier alpha value is -2.16. The van der Waals surface area contributed by atoms with Crippen molar-refractivity contribution in [2.75, 3.05) is 11.2 Å². The fraction of sp³-hybridized carbons (Fsp3) is 0.125. The van der Waals surface area contributed by atoms with Crippen molar-refractivity contribution in [1.29, 1.82) is 0 Å². The average Bonchev–Trinajstić information content (AvgIpc) is 2.15. The second kappa shape index (κ2) is 4.78. The van der Waals surface area contributed by atoms with E-state index in [4.69, 9.17) is 5.11 Å². The van der Waals surface area contributed by atoms with Crippen molar-refractivity contribution in [2.24, 2.45) is 0 Å². The smallest absolute Gasteiger partial charge is 0.409 e. The summed E-state index contributed by atoms with van der Waals surface area (Å²) in [4.78, 5) is 19.2. The predicted octanol–water partition coefficient (Wildman–Crippen LogP) is 0.784. The minimum absolute atomic E-state index is 0.178. The Kier molecular flexibility index (Phi) is 3.63. The van der Waals surface area contributed by atoms with Crippen LogP contribution in [-0.4, -0.2) is 30.4 Å². The highest BCUT2D eigenvalue weighted by Gasteiger charge is 2.20. The maximum Gasteiger partial charge on any atom is 0.409 e. The lowest BCUT2D eigenvalue weighted by atomic mass is 10.3. The van der Waals surface area contributed by atoms with Crippen LogP contribution < -0.4 is 5.32 Å². The van der Waals surface area contributed by atoms with Crippen LogP contribution in [0, 0.1) is 10.1 Å². The summed E-state index contributed by atoms with van der Waals surface area (Å²) in [5.41, 5.74) is 0.178. The lowest BCUT2D eigenvalue weighted by molar-refractivity contribution is -0.458. The van der Waals surface area contributed by atoms with Crippen LogP contribution in [0.15, 0.2) is 29.2 Å². The zero-order chi connectivity index (χ0) is 13.1. The highest BCUT2D eigenvalue weighted by atomic mass is 32.2. The highest BCUT2D eigenvalue weighted by molar-refractivity contribution is 7.91. The van der Waals surface area contributed by atoms with Gasteiger partial charge in [0, 0.05) is 10.6 Å². The summed E-state index contributed by atoms with van der Waals surface area (Å²) in [7, 11) is -3.98. The quantitative estimate of drug-likeness (QED) is 0.608. The fourth-order valence-corrected chi connectivity index (χ4v) is 2.06. The molecule has 0 aliphatic heterocycles. The van der Waals surface area contributed by atoms with Gasteiger partial charge in [-0.05, 0) is 24.3 Å². The monoisotopic (exact) mass is 260 g/mol. The Morgan fingerprint density at radius 2 is 1.88 bits per heavy atom. The maximum atomic E-state index is 11.4. The van der Waals surface area contributed by atoms with Gasteiger partial charge in [0.15, 0.2) is 0 Å². The maximum absolute atomic E-state index is 11.4. The van der Waals surface area contributed by atoms with E-state index in [1.165, 1.54) is 12.1 Å². The molecule has 1 aromatic rings. The molecule has 8 nitrogen and oxygen atoms in total. The molecular weight excluding hydrogens is 252 g/mol. The number of nitro groups is 1. The Bertz CT molecular complexity index is 536. The summed E-state index contributed by atoms with van der Waals surface area (Å²) in [6.45, 7) is 0. The molecule has 1 rings (SSSR count). The first-order valence-corrected chi connectivity index (χ1v) is 5.91. The van der Waals surface area contributed by atoms with E-state index in [-0.39, 0.29) is 10.6 Å². The number of amides is 1. The number of benzene rings is 1. The third kappa shape index (κ3) is 3.72. The lowest BCUT2D eigenvalue weighted by Crippen LogP contribution is -2.14. The summed E-state index contributed by atoms with van der Waals surface area (Å²) < 4.78 is 22.8. The van der Waals surface area contributed by atoms with E-state index in [0.29, 0.717) is 0 Å². The first-order valence-electron chi connectivity index (χ1n) is 4.26. The van der Waals surface area contributed by atoms with Crippen molar-refractivity contribution in [3.05, 3.63) is 34.4 Å². The number of nitrogens with zero attached hydrogens (tertiary/aromatic N) is 1. The van der Waals surface area contributed by atoms with Gasteiger partial charge < -0.3 is 5.11 Å². The van der Waals surface area contributed by atoms with Crippen molar-refractivity contribution in [1.82, 2.24) is 0 Å². The summed E-state index contributed by atoms with van der Waals surface area (Å²) in [6, 6.07) is 4.62. The second-order valence-electron chi connectivity index (χ2n) is 3.03. The molecule has 0 radical (unpaired) electrons. The van der Waals surface area contributed by atoms with Gasteiger partial charge in [0.2, 0.25) is 9.84 Å². The number of sulfone groups is 1. The molecule has 0 atom stereocenters. The molecular formula is C8H8N2O6S. The molecule has 1 amide bonds. The van der Waals surface area contributed by atoms with Gasteiger partial charge >= 0.3 is 12.0 Å². The number of carboxylic acid groups (broad SMARTS) is 1. The van der Waals surface area contributed by atoms with Crippen LogP contribution in [0.5, 0.6) is 0 Å². The highest BCUT2D eigenvalue weighted by Crippen LogP contribution is 2.15. The number of anilines is 1. The Labute approximate surface area is 95.9 Å². The Morgan fingerprint density at radius 3 is 2.29 bits per heavy atom. The molecule has 0 fully saturated rings. The van der Waals surface area contributed by atoms with Crippen molar-refractivity contribution in [3.8, 4) is 0 Å². The lowest BCUT2D eigenvalue weighted by Gasteiger charge is -2.02. The van der Waals surface area contributed by atoms with E-state index < -0.39 is 26.7 Å². The van der Waals surface area contributed by atoms with Crippen molar-refractivity contribution < 1.29 is 23.2 Å². The molecule has 2 N–H and O–H groups in total. The van der Waals surface area contributed by atoms with Gasteiger partial charge in [0.1, 0.15) is 0 Å². The minimum atomic E-state index is -3.98. The van der Waals surface area contributed by atoms with Gasteiger partial charge in [0.25, 0.3) is 0 Å². The molecule has 0 bridgehead atoms. The molecule has 0 unspecified atom stereocenters. The van der Waals surface area contributed by atoms with Crippen LogP contribution in [0.4, 0.5) is 10.5 Å². The molecule has 0 saturated heterocycles. The van der Waals surface area contributed by atoms with E-state index in [1.54, 1.807) is 0 Å². The predicted molar refractivity (Wildman–Crippen MR) is 57.1 cm³/mol. The molecule has 9 heteroatoms. The molecule has 1 aromatic carbocycles. The van der Waals surface area contributed by atoms with Gasteiger partial charge in [-0.25, -0.2) is 13.2 Å². The first-order chi connectivity index (χ1) is 7.81. The number of carbonyl (C=O) groups is 1. The summed E-state index contributed by atoms with van der Waals surface area (Å²) >= 11 is 0. The SMILES string of the molecule is O=C(O)Nc1ccc(S(=O)(=O)C[N+](=O)[O-])cc1. The van der Waals surface area contributed by atoms with Gasteiger partial charge in [-0.2, -0.15) is 0 Å².